The molecule has 0 unspecified atom stereocenters. The first-order valence-corrected chi connectivity index (χ1v) is 11.3. The van der Waals surface area contributed by atoms with E-state index in [1.807, 2.05) is 12.1 Å². The highest BCUT2D eigenvalue weighted by molar-refractivity contribution is 5.92. The molecule has 9 heteroatoms. The molecule has 0 bridgehead atoms. The lowest BCUT2D eigenvalue weighted by Gasteiger charge is -2.31. The maximum Gasteiger partial charge on any atom is 0.270 e. The van der Waals surface area contributed by atoms with E-state index in [9.17, 15) is 9.18 Å². The fraction of sp³-hybridized carbons (Fsp3) is 0.417. The lowest BCUT2D eigenvalue weighted by atomic mass is 9.92. The standard InChI is InChI=1S/C24H26FN5O3/c25-22-3-1-2-19(29-22)24(31)28-16-4-6-18(7-5-16)33-21-15-17(30-10-12-32-13-11-30)14-20-23(21)27-9-8-26-20/h1-3,8-9,14-16,18H,4-7,10-13H2,(H,28,31)/t16-,18+. The summed E-state index contributed by atoms with van der Waals surface area (Å²) in [6.07, 6.45) is 6.54. The molecule has 3 aromatic rings. The molecule has 3 heterocycles. The zero-order chi connectivity index (χ0) is 22.6. The van der Waals surface area contributed by atoms with E-state index in [0.717, 1.165) is 61.2 Å². The third-order valence-corrected chi connectivity index (χ3v) is 6.15. The quantitative estimate of drug-likeness (QED) is 0.596. The second-order valence-electron chi connectivity index (χ2n) is 8.38. The number of carbonyl (C=O) groups excluding carboxylic acids is 1. The van der Waals surface area contributed by atoms with Gasteiger partial charge in [-0.05, 0) is 43.9 Å². The molecule has 2 aliphatic rings. The molecule has 2 fully saturated rings. The van der Waals surface area contributed by atoms with Gasteiger partial charge in [0.25, 0.3) is 5.91 Å². The van der Waals surface area contributed by atoms with Gasteiger partial charge in [-0.2, -0.15) is 4.39 Å². The number of ether oxygens (including phenoxy) is 2. The Hall–Kier alpha value is -3.33. The number of hydrogen-bond acceptors (Lipinski definition) is 7. The van der Waals surface area contributed by atoms with Gasteiger partial charge >= 0.3 is 0 Å². The Bertz CT molecular complexity index is 1130. The molecular weight excluding hydrogens is 425 g/mol. The molecule has 1 N–H and O–H groups in total. The minimum atomic E-state index is -0.658. The Morgan fingerprint density at radius 1 is 1.09 bits per heavy atom. The first-order chi connectivity index (χ1) is 16.2. The van der Waals surface area contributed by atoms with Gasteiger partial charge in [-0.3, -0.25) is 9.78 Å². The Morgan fingerprint density at radius 3 is 2.67 bits per heavy atom. The van der Waals surface area contributed by atoms with Crippen molar-refractivity contribution in [3.8, 4) is 5.75 Å². The molecule has 2 aromatic heterocycles. The molecular formula is C24H26FN5O3. The summed E-state index contributed by atoms with van der Waals surface area (Å²) < 4.78 is 25.2. The number of fused-ring (bicyclic) bond motifs is 1. The second-order valence-corrected chi connectivity index (χ2v) is 8.38. The number of nitrogens with zero attached hydrogens (tertiary/aromatic N) is 4. The number of rotatable bonds is 5. The number of halogens is 1. The number of morpholine rings is 1. The van der Waals surface area contributed by atoms with E-state index in [4.69, 9.17) is 9.47 Å². The number of amides is 1. The van der Waals surface area contributed by atoms with E-state index < -0.39 is 5.95 Å². The molecule has 1 saturated carbocycles. The zero-order valence-corrected chi connectivity index (χ0v) is 18.2. The molecule has 1 aliphatic carbocycles. The Balaban J connectivity index is 1.25. The summed E-state index contributed by atoms with van der Waals surface area (Å²) in [5.41, 5.74) is 2.71. The van der Waals surface area contributed by atoms with Crippen LogP contribution < -0.4 is 15.0 Å². The molecule has 0 radical (unpaired) electrons. The van der Waals surface area contributed by atoms with Crippen molar-refractivity contribution in [2.45, 2.75) is 37.8 Å². The van der Waals surface area contributed by atoms with E-state index >= 15 is 0 Å². The summed E-state index contributed by atoms with van der Waals surface area (Å²) in [4.78, 5) is 27.3. The van der Waals surface area contributed by atoms with E-state index in [2.05, 4.69) is 25.2 Å². The summed E-state index contributed by atoms with van der Waals surface area (Å²) >= 11 is 0. The van der Waals surface area contributed by atoms with Gasteiger partial charge in [0.05, 0.1) is 24.8 Å². The van der Waals surface area contributed by atoms with Crippen molar-refractivity contribution in [2.75, 3.05) is 31.2 Å². The minimum Gasteiger partial charge on any atom is -0.488 e. The van der Waals surface area contributed by atoms with E-state index in [-0.39, 0.29) is 23.7 Å². The van der Waals surface area contributed by atoms with Gasteiger partial charge < -0.3 is 19.7 Å². The SMILES string of the molecule is O=C(N[C@H]1CC[C@@H](Oc2cc(N3CCOCC3)cc3nccnc23)CC1)c1cccc(F)n1. The van der Waals surface area contributed by atoms with Crippen molar-refractivity contribution in [2.24, 2.45) is 0 Å². The van der Waals surface area contributed by atoms with Crippen LogP contribution in [0.1, 0.15) is 36.2 Å². The van der Waals surface area contributed by atoms with Crippen LogP contribution in [0.15, 0.2) is 42.7 Å². The third kappa shape index (κ3) is 5.03. The summed E-state index contributed by atoms with van der Waals surface area (Å²) in [6.45, 7) is 3.07. The average molecular weight is 452 g/mol. The highest BCUT2D eigenvalue weighted by Gasteiger charge is 2.25. The number of anilines is 1. The lowest BCUT2D eigenvalue weighted by Crippen LogP contribution is -2.40. The fourth-order valence-electron chi connectivity index (χ4n) is 4.42. The monoisotopic (exact) mass is 451 g/mol. The molecule has 1 amide bonds. The predicted molar refractivity (Wildman–Crippen MR) is 121 cm³/mol. The molecule has 5 rings (SSSR count). The maximum absolute atomic E-state index is 13.3. The molecule has 0 spiro atoms. The van der Waals surface area contributed by atoms with Gasteiger partial charge in [0.2, 0.25) is 5.95 Å². The van der Waals surface area contributed by atoms with Crippen LogP contribution >= 0.6 is 0 Å². The Kier molecular flexibility index (Phi) is 6.30. The smallest absolute Gasteiger partial charge is 0.270 e. The van der Waals surface area contributed by atoms with Gasteiger partial charge in [0, 0.05) is 43.3 Å². The van der Waals surface area contributed by atoms with Crippen molar-refractivity contribution < 1.29 is 18.7 Å². The van der Waals surface area contributed by atoms with Crippen molar-refractivity contribution in [1.82, 2.24) is 20.3 Å². The summed E-state index contributed by atoms with van der Waals surface area (Å²) in [7, 11) is 0. The normalized spacial score (nSPS) is 21.1. The minimum absolute atomic E-state index is 0.0126. The van der Waals surface area contributed by atoms with Crippen LogP contribution in [-0.2, 0) is 4.74 Å². The number of aromatic nitrogens is 3. The van der Waals surface area contributed by atoms with Gasteiger partial charge in [0.1, 0.15) is 17.0 Å². The fourth-order valence-corrected chi connectivity index (χ4v) is 4.42. The van der Waals surface area contributed by atoms with Crippen molar-refractivity contribution >= 4 is 22.6 Å². The number of carbonyl (C=O) groups is 1. The van der Waals surface area contributed by atoms with Crippen molar-refractivity contribution in [3.05, 3.63) is 54.4 Å². The molecule has 1 saturated heterocycles. The van der Waals surface area contributed by atoms with Gasteiger partial charge in [-0.1, -0.05) is 6.07 Å². The molecule has 0 atom stereocenters. The third-order valence-electron chi connectivity index (χ3n) is 6.15. The first kappa shape index (κ1) is 21.5. The number of nitrogens with one attached hydrogen (secondary N) is 1. The van der Waals surface area contributed by atoms with Gasteiger partial charge in [-0.25, -0.2) is 9.97 Å². The first-order valence-electron chi connectivity index (χ1n) is 11.3. The average Bonchev–Trinajstić information content (AvgIpc) is 2.85. The zero-order valence-electron chi connectivity index (χ0n) is 18.2. The lowest BCUT2D eigenvalue weighted by molar-refractivity contribution is 0.0889. The van der Waals surface area contributed by atoms with Crippen LogP contribution in [-0.4, -0.2) is 59.3 Å². The van der Waals surface area contributed by atoms with Crippen LogP contribution in [0.4, 0.5) is 10.1 Å². The van der Waals surface area contributed by atoms with Crippen LogP contribution in [0.25, 0.3) is 11.0 Å². The number of hydrogen-bond donors (Lipinski definition) is 1. The maximum atomic E-state index is 13.3. The van der Waals surface area contributed by atoms with E-state index in [0.29, 0.717) is 13.2 Å². The van der Waals surface area contributed by atoms with Crippen molar-refractivity contribution in [3.63, 3.8) is 0 Å². The van der Waals surface area contributed by atoms with Crippen LogP contribution in [0.5, 0.6) is 5.75 Å². The van der Waals surface area contributed by atoms with Crippen LogP contribution in [0.3, 0.4) is 0 Å². The van der Waals surface area contributed by atoms with Crippen LogP contribution in [0.2, 0.25) is 0 Å². The molecule has 1 aliphatic heterocycles. The molecule has 33 heavy (non-hydrogen) atoms. The van der Waals surface area contributed by atoms with Crippen molar-refractivity contribution in [1.29, 1.82) is 0 Å². The van der Waals surface area contributed by atoms with E-state index in [1.54, 1.807) is 12.4 Å². The predicted octanol–water partition coefficient (Wildman–Crippen LogP) is 3.12. The second kappa shape index (κ2) is 9.66. The summed E-state index contributed by atoms with van der Waals surface area (Å²) in [5.74, 6) is -0.272. The number of pyridine rings is 1. The largest absolute Gasteiger partial charge is 0.488 e. The van der Waals surface area contributed by atoms with Gasteiger partial charge in [0.15, 0.2) is 0 Å². The summed E-state index contributed by atoms with van der Waals surface area (Å²) in [6, 6.07) is 8.33. The highest BCUT2D eigenvalue weighted by atomic mass is 19.1. The topological polar surface area (TPSA) is 89.5 Å². The number of benzene rings is 1. The van der Waals surface area contributed by atoms with Crippen LogP contribution in [0, 0.1) is 5.95 Å². The highest BCUT2D eigenvalue weighted by Crippen LogP contribution is 2.33. The molecule has 172 valence electrons. The molecule has 8 nitrogen and oxygen atoms in total. The Morgan fingerprint density at radius 2 is 1.88 bits per heavy atom. The molecule has 1 aromatic carbocycles. The van der Waals surface area contributed by atoms with E-state index in [1.165, 1.54) is 18.2 Å². The summed E-state index contributed by atoms with van der Waals surface area (Å²) in [5, 5.41) is 2.96. The van der Waals surface area contributed by atoms with Gasteiger partial charge in [-0.15, -0.1) is 0 Å². The Labute approximate surface area is 191 Å².